The molecular weight excluding hydrogens is 368 g/mol. The van der Waals surface area contributed by atoms with Gasteiger partial charge in [-0.15, -0.1) is 0 Å². The van der Waals surface area contributed by atoms with E-state index in [1.807, 2.05) is 26.0 Å². The number of aromatic nitrogens is 5. The van der Waals surface area contributed by atoms with Crippen molar-refractivity contribution in [3.63, 3.8) is 0 Å². The second-order valence-electron chi connectivity index (χ2n) is 6.33. The van der Waals surface area contributed by atoms with Crippen LogP contribution in [0.5, 0.6) is 0 Å². The molecular formula is C20H28N8O. The fourth-order valence-corrected chi connectivity index (χ4v) is 2.36. The van der Waals surface area contributed by atoms with Crippen LogP contribution in [-0.4, -0.2) is 50.4 Å². The lowest BCUT2D eigenvalue weighted by atomic mass is 10.1. The van der Waals surface area contributed by atoms with E-state index in [4.69, 9.17) is 15.9 Å². The molecule has 0 spiro atoms. The van der Waals surface area contributed by atoms with Crippen molar-refractivity contribution in [3.05, 3.63) is 60.3 Å². The summed E-state index contributed by atoms with van der Waals surface area (Å²) in [5, 5.41) is 22.3. The molecule has 0 bridgehead atoms. The van der Waals surface area contributed by atoms with E-state index in [0.717, 1.165) is 5.56 Å². The largest absolute Gasteiger partial charge is 0.402 e. The quantitative estimate of drug-likeness (QED) is 0.381. The lowest BCUT2D eigenvalue weighted by Crippen LogP contribution is -2.22. The SMILES string of the molecule is CCOC[C@@H](C)Nc1cc(/C(C=N)=C/C=C(/C)N)ccnn(-c2ccn[nH]2)cn1. The molecule has 0 saturated heterocycles. The van der Waals surface area contributed by atoms with Gasteiger partial charge in [-0.1, -0.05) is 6.08 Å². The molecule has 9 nitrogen and oxygen atoms in total. The molecule has 154 valence electrons. The average molecular weight is 396 g/mol. The molecule has 2 aromatic heterocycles. The Morgan fingerprint density at radius 1 is 1.38 bits per heavy atom. The van der Waals surface area contributed by atoms with E-state index < -0.39 is 0 Å². The summed E-state index contributed by atoms with van der Waals surface area (Å²) in [4.78, 5) is 4.54. The molecule has 0 aliphatic heterocycles. The molecule has 0 fully saturated rings. The first-order valence-electron chi connectivity index (χ1n) is 9.31. The Kier molecular flexibility index (Phi) is 8.58. The van der Waals surface area contributed by atoms with E-state index in [-0.39, 0.29) is 6.04 Å². The summed E-state index contributed by atoms with van der Waals surface area (Å²) in [6.45, 7) is 6.96. The predicted molar refractivity (Wildman–Crippen MR) is 115 cm³/mol. The fraction of sp³-hybridized carbons (Fsp3) is 0.300. The molecule has 0 aliphatic carbocycles. The summed E-state index contributed by atoms with van der Waals surface area (Å²) < 4.78 is 7.06. The third-order valence-electron chi connectivity index (χ3n) is 3.76. The van der Waals surface area contributed by atoms with Crippen LogP contribution in [0.4, 0.5) is 5.82 Å². The van der Waals surface area contributed by atoms with Crippen molar-refractivity contribution in [3.8, 4) is 5.82 Å². The number of hydrogen-bond donors (Lipinski definition) is 4. The molecule has 0 unspecified atom stereocenters. The van der Waals surface area contributed by atoms with Crippen LogP contribution in [-0.2, 0) is 4.74 Å². The number of anilines is 1. The van der Waals surface area contributed by atoms with Gasteiger partial charge in [0, 0.05) is 36.8 Å². The summed E-state index contributed by atoms with van der Waals surface area (Å²) in [5.74, 6) is 1.28. The van der Waals surface area contributed by atoms with Crippen LogP contribution in [0.15, 0.2) is 54.8 Å². The molecule has 0 saturated carbocycles. The number of rotatable bonds is 9. The maximum absolute atomic E-state index is 7.79. The third kappa shape index (κ3) is 7.23. The van der Waals surface area contributed by atoms with Gasteiger partial charge in [-0.05, 0) is 50.1 Å². The molecule has 1 atom stereocenters. The Balaban J connectivity index is 2.55. The van der Waals surface area contributed by atoms with Gasteiger partial charge < -0.3 is 21.2 Å². The highest BCUT2D eigenvalue weighted by Crippen LogP contribution is 2.15. The van der Waals surface area contributed by atoms with Crippen LogP contribution in [0.3, 0.4) is 0 Å². The van der Waals surface area contributed by atoms with Crippen LogP contribution in [0.25, 0.3) is 11.4 Å². The summed E-state index contributed by atoms with van der Waals surface area (Å²) in [6.07, 6.45) is 9.68. The molecule has 5 N–H and O–H groups in total. The second kappa shape index (κ2) is 11.4. The van der Waals surface area contributed by atoms with Crippen LogP contribution < -0.4 is 11.1 Å². The number of nitrogens with two attached hydrogens (primary N) is 1. The van der Waals surface area contributed by atoms with E-state index in [2.05, 4.69) is 25.6 Å². The van der Waals surface area contributed by atoms with Crippen molar-refractivity contribution in [1.29, 1.82) is 5.41 Å². The Morgan fingerprint density at radius 2 is 2.21 bits per heavy atom. The van der Waals surface area contributed by atoms with Gasteiger partial charge in [-0.3, -0.25) is 5.10 Å². The van der Waals surface area contributed by atoms with Crippen LogP contribution in [0.2, 0.25) is 0 Å². The molecule has 9 heteroatoms. The number of H-pyrrole nitrogens is 1. The van der Waals surface area contributed by atoms with Gasteiger partial charge in [0.05, 0.1) is 12.8 Å². The van der Waals surface area contributed by atoms with Crippen molar-refractivity contribution in [1.82, 2.24) is 25.0 Å². The Hall–Kier alpha value is -3.46. The minimum Gasteiger partial charge on any atom is -0.402 e. The molecule has 0 aliphatic rings. The first-order valence-corrected chi connectivity index (χ1v) is 9.31. The number of allylic oxidation sites excluding steroid dienone is 4. The van der Waals surface area contributed by atoms with Crippen molar-refractivity contribution >= 4 is 17.6 Å². The second-order valence-corrected chi connectivity index (χ2v) is 6.33. The maximum atomic E-state index is 7.79. The summed E-state index contributed by atoms with van der Waals surface area (Å²) in [7, 11) is 0. The topological polar surface area (TPSA) is 131 Å². The summed E-state index contributed by atoms with van der Waals surface area (Å²) >= 11 is 0. The maximum Gasteiger partial charge on any atom is 0.151 e. The standard InChI is InChI=1S/C20H28N8O/c1-4-29-13-16(3)26-19-11-17(18(12-21)6-5-15(2)22)7-10-25-28(14-23-19)20-8-9-24-27-20/h5-12,14,16,21,26H,4,13,22H2,1-3H3,(H,24,27)/b15-5-,17-7?,18-6+,19-11?,21-12?,23-14?,25-10?/t16-/m1/s1. The number of hydrogen-bond acceptors (Lipinski definition) is 7. The minimum atomic E-state index is 0.0421. The Labute approximate surface area is 170 Å². The third-order valence-corrected chi connectivity index (χ3v) is 3.76. The van der Waals surface area contributed by atoms with Crippen molar-refractivity contribution in [2.24, 2.45) is 5.73 Å². The smallest absolute Gasteiger partial charge is 0.151 e. The lowest BCUT2D eigenvalue weighted by Gasteiger charge is -2.14. The molecule has 0 radical (unpaired) electrons. The minimum absolute atomic E-state index is 0.0421. The highest BCUT2D eigenvalue weighted by molar-refractivity contribution is 6.08. The molecule has 2 aromatic rings. The Bertz CT molecular complexity index is 893. The van der Waals surface area contributed by atoms with Gasteiger partial charge in [-0.25, -0.2) is 9.67 Å². The zero-order chi connectivity index (χ0) is 21.1. The van der Waals surface area contributed by atoms with Crippen molar-refractivity contribution in [2.45, 2.75) is 26.8 Å². The van der Waals surface area contributed by atoms with Gasteiger partial charge in [0.15, 0.2) is 5.82 Å². The lowest BCUT2D eigenvalue weighted by molar-refractivity contribution is 0.141. The van der Waals surface area contributed by atoms with E-state index in [1.165, 1.54) is 6.21 Å². The van der Waals surface area contributed by atoms with Crippen molar-refractivity contribution < 1.29 is 4.74 Å². The fourth-order valence-electron chi connectivity index (χ4n) is 2.36. The van der Waals surface area contributed by atoms with E-state index >= 15 is 0 Å². The molecule has 0 amide bonds. The first-order chi connectivity index (χ1) is 14.0. The van der Waals surface area contributed by atoms with E-state index in [1.54, 1.807) is 48.5 Å². The zero-order valence-corrected chi connectivity index (χ0v) is 17.0. The Morgan fingerprint density at radius 3 is 2.86 bits per heavy atom. The van der Waals surface area contributed by atoms with Gasteiger partial charge in [-0.2, -0.15) is 10.2 Å². The van der Waals surface area contributed by atoms with Gasteiger partial charge in [0.25, 0.3) is 0 Å². The highest BCUT2D eigenvalue weighted by atomic mass is 16.5. The van der Waals surface area contributed by atoms with Crippen LogP contribution >= 0.6 is 0 Å². The summed E-state index contributed by atoms with van der Waals surface area (Å²) in [6, 6.07) is 5.50. The number of aromatic amines is 1. The summed E-state index contributed by atoms with van der Waals surface area (Å²) in [5.41, 5.74) is 7.81. The van der Waals surface area contributed by atoms with Crippen molar-refractivity contribution in [2.75, 3.05) is 18.5 Å². The van der Waals surface area contributed by atoms with Gasteiger partial charge in [0.2, 0.25) is 0 Å². The molecule has 0 aromatic carbocycles. The molecule has 2 heterocycles. The zero-order valence-electron chi connectivity index (χ0n) is 17.0. The number of nitrogens with zero attached hydrogens (tertiary/aromatic N) is 4. The van der Waals surface area contributed by atoms with Crippen LogP contribution in [0, 0.1) is 5.41 Å². The van der Waals surface area contributed by atoms with Gasteiger partial charge in [0.1, 0.15) is 12.1 Å². The average Bonchev–Trinajstić information content (AvgIpc) is 3.24. The van der Waals surface area contributed by atoms with E-state index in [0.29, 0.717) is 36.1 Å². The highest BCUT2D eigenvalue weighted by Gasteiger charge is 2.05. The van der Waals surface area contributed by atoms with Crippen LogP contribution in [0.1, 0.15) is 26.3 Å². The monoisotopic (exact) mass is 396 g/mol. The number of nitrogens with one attached hydrogen (secondary N) is 3. The number of ether oxygens (including phenoxy) is 1. The van der Waals surface area contributed by atoms with Gasteiger partial charge >= 0.3 is 0 Å². The predicted octanol–water partition coefficient (Wildman–Crippen LogP) is 2.85. The molecule has 2 rings (SSSR count). The molecule has 29 heavy (non-hydrogen) atoms. The first kappa shape index (κ1) is 21.8. The normalized spacial score (nSPS) is 12.9. The van der Waals surface area contributed by atoms with E-state index in [9.17, 15) is 0 Å².